The van der Waals surface area contributed by atoms with E-state index in [9.17, 15) is 4.79 Å². The Morgan fingerprint density at radius 3 is 2.67 bits per heavy atom. The number of rotatable bonds is 7. The monoisotopic (exact) mass is 286 g/mol. The predicted octanol–water partition coefficient (Wildman–Crippen LogP) is 4.56. The van der Waals surface area contributed by atoms with Crippen LogP contribution >= 0.6 is 0 Å². The topological polar surface area (TPSA) is 26.3 Å². The molecule has 1 aromatic rings. The summed E-state index contributed by atoms with van der Waals surface area (Å²) >= 11 is 0. The van der Waals surface area contributed by atoms with Crippen LogP contribution in [0.15, 0.2) is 24.3 Å². The number of carbonyl (C=O) groups excluding carboxylic acids is 1. The first-order chi connectivity index (χ1) is 10.0. The van der Waals surface area contributed by atoms with Gasteiger partial charge in [0.05, 0.1) is 0 Å². The lowest BCUT2D eigenvalue weighted by molar-refractivity contribution is 0.0475. The second kappa shape index (κ2) is 8.64. The fourth-order valence-electron chi connectivity index (χ4n) is 2.15. The molecule has 114 valence electrons. The highest BCUT2D eigenvalue weighted by atomic mass is 16.5. The third-order valence-corrected chi connectivity index (χ3v) is 3.68. The lowest BCUT2D eigenvalue weighted by Gasteiger charge is -2.21. The van der Waals surface area contributed by atoms with Gasteiger partial charge in [-0.1, -0.05) is 55.9 Å². The van der Waals surface area contributed by atoms with Gasteiger partial charge in [0.25, 0.3) is 0 Å². The van der Waals surface area contributed by atoms with Gasteiger partial charge in [-0.2, -0.15) is 0 Å². The summed E-state index contributed by atoms with van der Waals surface area (Å²) < 4.78 is 5.50. The van der Waals surface area contributed by atoms with Gasteiger partial charge < -0.3 is 4.74 Å². The van der Waals surface area contributed by atoms with Crippen molar-refractivity contribution in [2.24, 2.45) is 0 Å². The Kier molecular flexibility index (Phi) is 7.19. The van der Waals surface area contributed by atoms with E-state index in [0.717, 1.165) is 18.4 Å². The number of unbranched alkanes of at least 4 members (excludes halogenated alkanes) is 3. The number of carbonyl (C=O) groups is 1. The molecule has 1 rings (SSSR count). The normalized spacial score (nSPS) is 13.1. The van der Waals surface area contributed by atoms with Crippen LogP contribution in [0.2, 0.25) is 0 Å². The molecule has 0 saturated heterocycles. The van der Waals surface area contributed by atoms with Crippen LogP contribution < -0.4 is 0 Å². The number of ether oxygens (including phenoxy) is 1. The van der Waals surface area contributed by atoms with Crippen LogP contribution in [-0.4, -0.2) is 18.5 Å². The molecule has 1 aromatic carbocycles. The van der Waals surface area contributed by atoms with E-state index < -0.39 is 5.60 Å². The number of aryl methyl sites for hydroxylation is 1. The summed E-state index contributed by atoms with van der Waals surface area (Å²) in [6, 6.07) is 7.51. The Morgan fingerprint density at radius 2 is 2.05 bits per heavy atom. The maximum atomic E-state index is 12.1. The van der Waals surface area contributed by atoms with E-state index in [-0.39, 0.29) is 5.78 Å². The van der Waals surface area contributed by atoms with Gasteiger partial charge in [0, 0.05) is 12.7 Å². The van der Waals surface area contributed by atoms with Gasteiger partial charge in [-0.3, -0.25) is 4.79 Å². The van der Waals surface area contributed by atoms with Gasteiger partial charge in [-0.25, -0.2) is 0 Å². The summed E-state index contributed by atoms with van der Waals surface area (Å²) in [7, 11) is 1.66. The Morgan fingerprint density at radius 1 is 1.29 bits per heavy atom. The SMILES string of the molecule is CCCCCCC(C)(C#CC(=O)c1cccc(C)c1)OC. The van der Waals surface area contributed by atoms with Crippen molar-refractivity contribution in [1.29, 1.82) is 0 Å². The van der Waals surface area contributed by atoms with Gasteiger partial charge in [-0.15, -0.1) is 0 Å². The molecule has 1 atom stereocenters. The highest BCUT2D eigenvalue weighted by Gasteiger charge is 2.20. The Hall–Kier alpha value is -1.59. The van der Waals surface area contributed by atoms with Crippen LogP contribution in [0.5, 0.6) is 0 Å². The lowest BCUT2D eigenvalue weighted by Crippen LogP contribution is -2.25. The summed E-state index contributed by atoms with van der Waals surface area (Å²) in [5, 5.41) is 0. The summed E-state index contributed by atoms with van der Waals surface area (Å²) in [6.45, 7) is 6.11. The van der Waals surface area contributed by atoms with Crippen LogP contribution in [-0.2, 0) is 4.74 Å². The third-order valence-electron chi connectivity index (χ3n) is 3.68. The Labute approximate surface area is 128 Å². The lowest BCUT2D eigenvalue weighted by atomic mass is 9.97. The molecule has 0 saturated carbocycles. The zero-order valence-electron chi connectivity index (χ0n) is 13.7. The number of Topliss-reactive ketones (excluding diaryl/α,β-unsaturated/α-hetero) is 1. The highest BCUT2D eigenvalue weighted by Crippen LogP contribution is 2.18. The third kappa shape index (κ3) is 6.14. The molecule has 0 N–H and O–H groups in total. The quantitative estimate of drug-likeness (QED) is 0.318. The molecule has 0 radical (unpaired) electrons. The second-order valence-corrected chi connectivity index (χ2v) is 5.69. The minimum absolute atomic E-state index is 0.143. The van der Waals surface area contributed by atoms with E-state index in [4.69, 9.17) is 4.74 Å². The van der Waals surface area contributed by atoms with E-state index in [0.29, 0.717) is 5.56 Å². The van der Waals surface area contributed by atoms with E-state index in [2.05, 4.69) is 18.8 Å². The number of hydrogen-bond donors (Lipinski definition) is 0. The Balaban J connectivity index is 2.70. The molecule has 2 nitrogen and oxygen atoms in total. The van der Waals surface area contributed by atoms with Crippen molar-refractivity contribution in [1.82, 2.24) is 0 Å². The number of benzene rings is 1. The average molecular weight is 286 g/mol. The van der Waals surface area contributed by atoms with Gasteiger partial charge in [-0.05, 0) is 38.7 Å². The molecule has 0 fully saturated rings. The van der Waals surface area contributed by atoms with E-state index >= 15 is 0 Å². The van der Waals surface area contributed by atoms with Crippen molar-refractivity contribution in [2.75, 3.05) is 7.11 Å². The predicted molar refractivity (Wildman–Crippen MR) is 87.5 cm³/mol. The minimum atomic E-state index is -0.534. The van der Waals surface area contributed by atoms with Crippen LogP contribution in [0.25, 0.3) is 0 Å². The van der Waals surface area contributed by atoms with Crippen molar-refractivity contribution in [3.8, 4) is 11.8 Å². The molecular formula is C19H26O2. The molecular weight excluding hydrogens is 260 g/mol. The molecule has 0 bridgehead atoms. The fraction of sp³-hybridized carbons (Fsp3) is 0.526. The summed E-state index contributed by atoms with van der Waals surface area (Å²) in [6.07, 6.45) is 5.56. The minimum Gasteiger partial charge on any atom is -0.366 e. The van der Waals surface area contributed by atoms with E-state index in [1.807, 2.05) is 32.0 Å². The summed E-state index contributed by atoms with van der Waals surface area (Å²) in [5.74, 6) is 5.62. The summed E-state index contributed by atoms with van der Waals surface area (Å²) in [5.41, 5.74) is 1.18. The Bertz CT molecular complexity index is 522. The molecule has 0 aliphatic carbocycles. The standard InChI is InChI=1S/C19H26O2/c1-5-6-7-8-13-19(3,21-4)14-12-18(20)17-11-9-10-16(2)15-17/h9-11,15H,5-8,13H2,1-4H3. The second-order valence-electron chi connectivity index (χ2n) is 5.69. The van der Waals surface area contributed by atoms with Gasteiger partial charge in [0.1, 0.15) is 5.60 Å². The smallest absolute Gasteiger partial charge is 0.235 e. The van der Waals surface area contributed by atoms with E-state index in [1.165, 1.54) is 19.3 Å². The maximum absolute atomic E-state index is 12.1. The van der Waals surface area contributed by atoms with Crippen LogP contribution in [0.3, 0.4) is 0 Å². The number of hydrogen-bond acceptors (Lipinski definition) is 2. The molecule has 0 aliphatic heterocycles. The zero-order valence-corrected chi connectivity index (χ0v) is 13.7. The van der Waals surface area contributed by atoms with Crippen molar-refractivity contribution >= 4 is 5.78 Å². The van der Waals surface area contributed by atoms with Crippen molar-refractivity contribution in [2.45, 2.75) is 58.5 Å². The van der Waals surface area contributed by atoms with Gasteiger partial charge >= 0.3 is 0 Å². The fourth-order valence-corrected chi connectivity index (χ4v) is 2.15. The van der Waals surface area contributed by atoms with Crippen molar-refractivity contribution < 1.29 is 9.53 Å². The molecule has 1 unspecified atom stereocenters. The van der Waals surface area contributed by atoms with Crippen LogP contribution in [0.4, 0.5) is 0 Å². The summed E-state index contributed by atoms with van der Waals surface area (Å²) in [4.78, 5) is 12.1. The number of methoxy groups -OCH3 is 1. The number of ketones is 1. The van der Waals surface area contributed by atoms with Gasteiger partial charge in [0.2, 0.25) is 5.78 Å². The molecule has 0 amide bonds. The highest BCUT2D eigenvalue weighted by molar-refractivity contribution is 6.09. The first-order valence-electron chi connectivity index (χ1n) is 7.70. The van der Waals surface area contributed by atoms with Crippen LogP contribution in [0, 0.1) is 18.8 Å². The van der Waals surface area contributed by atoms with Crippen LogP contribution in [0.1, 0.15) is 61.9 Å². The van der Waals surface area contributed by atoms with Gasteiger partial charge in [0.15, 0.2) is 0 Å². The van der Waals surface area contributed by atoms with Crippen molar-refractivity contribution in [3.63, 3.8) is 0 Å². The molecule has 0 aliphatic rings. The molecule has 21 heavy (non-hydrogen) atoms. The molecule has 0 heterocycles. The molecule has 2 heteroatoms. The van der Waals surface area contributed by atoms with Crippen molar-refractivity contribution in [3.05, 3.63) is 35.4 Å². The maximum Gasteiger partial charge on any atom is 0.235 e. The molecule has 0 spiro atoms. The molecule has 0 aromatic heterocycles. The van der Waals surface area contributed by atoms with E-state index in [1.54, 1.807) is 13.2 Å². The largest absolute Gasteiger partial charge is 0.366 e. The first kappa shape index (κ1) is 17.5. The first-order valence-corrected chi connectivity index (χ1v) is 7.70. The average Bonchev–Trinajstić information content (AvgIpc) is 2.49. The zero-order chi connectivity index (χ0) is 15.7.